The molecule has 0 saturated heterocycles. The first-order valence-electron chi connectivity index (χ1n) is 5.57. The number of ether oxygens (including phenoxy) is 1. The number of nitrogens with two attached hydrogens (primary N) is 1. The molecule has 2 N–H and O–H groups in total. The lowest BCUT2D eigenvalue weighted by Gasteiger charge is -2.12. The first-order chi connectivity index (χ1) is 7.17. The van der Waals surface area contributed by atoms with Gasteiger partial charge in [-0.1, -0.05) is 25.1 Å². The summed E-state index contributed by atoms with van der Waals surface area (Å²) in [5.74, 6) is 0. The van der Waals surface area contributed by atoms with Crippen molar-refractivity contribution in [1.29, 1.82) is 0 Å². The summed E-state index contributed by atoms with van der Waals surface area (Å²) in [5, 5.41) is 0. The molecule has 1 aromatic carbocycles. The van der Waals surface area contributed by atoms with Gasteiger partial charge in [0, 0.05) is 6.54 Å². The molecule has 15 heavy (non-hydrogen) atoms. The molecule has 84 valence electrons. The van der Waals surface area contributed by atoms with Crippen LogP contribution >= 0.6 is 0 Å². The average molecular weight is 207 g/mol. The Hall–Kier alpha value is -0.860. The minimum Gasteiger partial charge on any atom is -0.374 e. The molecule has 0 bridgehead atoms. The molecule has 0 amide bonds. The van der Waals surface area contributed by atoms with E-state index in [2.05, 4.69) is 39.0 Å². The third-order valence-corrected chi connectivity index (χ3v) is 2.74. The van der Waals surface area contributed by atoms with Gasteiger partial charge in [0.1, 0.15) is 0 Å². The maximum absolute atomic E-state index is 5.70. The Labute approximate surface area is 92.4 Å². The fourth-order valence-electron chi connectivity index (χ4n) is 1.40. The van der Waals surface area contributed by atoms with Gasteiger partial charge in [-0.2, -0.15) is 0 Å². The maximum Gasteiger partial charge on any atom is 0.0723 e. The van der Waals surface area contributed by atoms with E-state index in [1.165, 1.54) is 16.7 Å². The first kappa shape index (κ1) is 12.2. The van der Waals surface area contributed by atoms with Crippen molar-refractivity contribution in [2.75, 3.05) is 0 Å². The standard InChI is InChI=1S/C13H21NO/c1-4-11(3)15-9-13-6-5-12(8-14)7-10(13)2/h5-7,11H,4,8-9,14H2,1-3H3. The predicted molar refractivity (Wildman–Crippen MR) is 63.6 cm³/mol. The fraction of sp³-hybridized carbons (Fsp3) is 0.538. The molecule has 0 saturated carbocycles. The van der Waals surface area contributed by atoms with Gasteiger partial charge in [0.05, 0.1) is 12.7 Å². The molecular weight excluding hydrogens is 186 g/mol. The summed E-state index contributed by atoms with van der Waals surface area (Å²) in [4.78, 5) is 0. The van der Waals surface area contributed by atoms with Crippen LogP contribution in [0.25, 0.3) is 0 Å². The molecule has 1 aromatic rings. The number of aryl methyl sites for hydroxylation is 1. The van der Waals surface area contributed by atoms with E-state index < -0.39 is 0 Å². The van der Waals surface area contributed by atoms with Gasteiger partial charge in [0.2, 0.25) is 0 Å². The van der Waals surface area contributed by atoms with Gasteiger partial charge in [-0.05, 0) is 37.0 Å². The molecule has 0 heterocycles. The summed E-state index contributed by atoms with van der Waals surface area (Å²) in [5.41, 5.74) is 9.28. The molecule has 0 aliphatic rings. The van der Waals surface area contributed by atoms with E-state index in [9.17, 15) is 0 Å². The van der Waals surface area contributed by atoms with Crippen molar-refractivity contribution in [3.8, 4) is 0 Å². The molecule has 0 fully saturated rings. The lowest BCUT2D eigenvalue weighted by molar-refractivity contribution is 0.0506. The number of hydrogen-bond acceptors (Lipinski definition) is 2. The zero-order valence-corrected chi connectivity index (χ0v) is 9.92. The van der Waals surface area contributed by atoms with Crippen molar-refractivity contribution < 1.29 is 4.74 Å². The molecule has 0 spiro atoms. The quantitative estimate of drug-likeness (QED) is 0.805. The van der Waals surface area contributed by atoms with Crippen LogP contribution in [0.1, 0.15) is 37.0 Å². The van der Waals surface area contributed by atoms with Crippen LogP contribution in [-0.4, -0.2) is 6.10 Å². The zero-order valence-electron chi connectivity index (χ0n) is 9.92. The molecule has 1 atom stereocenters. The number of rotatable bonds is 5. The molecular formula is C13H21NO. The number of benzene rings is 1. The zero-order chi connectivity index (χ0) is 11.3. The molecule has 2 heteroatoms. The van der Waals surface area contributed by atoms with Gasteiger partial charge in [-0.25, -0.2) is 0 Å². The second kappa shape index (κ2) is 5.89. The monoisotopic (exact) mass is 207 g/mol. The first-order valence-corrected chi connectivity index (χ1v) is 5.57. The van der Waals surface area contributed by atoms with Gasteiger partial charge in [-0.15, -0.1) is 0 Å². The van der Waals surface area contributed by atoms with Crippen LogP contribution in [0.3, 0.4) is 0 Å². The van der Waals surface area contributed by atoms with Crippen LogP contribution in [0.2, 0.25) is 0 Å². The largest absolute Gasteiger partial charge is 0.374 e. The SMILES string of the molecule is CCC(C)OCc1ccc(CN)cc1C. The highest BCUT2D eigenvalue weighted by molar-refractivity contribution is 5.30. The summed E-state index contributed by atoms with van der Waals surface area (Å²) in [6.07, 6.45) is 1.39. The predicted octanol–water partition coefficient (Wildman–Crippen LogP) is 2.77. The van der Waals surface area contributed by atoms with Gasteiger partial charge < -0.3 is 10.5 Å². The molecule has 0 aromatic heterocycles. The average Bonchev–Trinajstić information content (AvgIpc) is 2.26. The van der Waals surface area contributed by atoms with E-state index in [1.807, 2.05) is 0 Å². The second-order valence-corrected chi connectivity index (χ2v) is 3.99. The Kier molecular flexibility index (Phi) is 4.79. The van der Waals surface area contributed by atoms with Gasteiger partial charge >= 0.3 is 0 Å². The van der Waals surface area contributed by atoms with Gasteiger partial charge in [0.25, 0.3) is 0 Å². The van der Waals surface area contributed by atoms with Crippen LogP contribution in [0.4, 0.5) is 0 Å². The lowest BCUT2D eigenvalue weighted by Crippen LogP contribution is -2.07. The van der Waals surface area contributed by atoms with Crippen molar-refractivity contribution in [2.24, 2.45) is 5.73 Å². The van der Waals surface area contributed by atoms with E-state index in [0.29, 0.717) is 19.3 Å². The summed E-state index contributed by atoms with van der Waals surface area (Å²) in [6, 6.07) is 6.32. The summed E-state index contributed by atoms with van der Waals surface area (Å²) in [6.45, 7) is 7.64. The third kappa shape index (κ3) is 3.65. The van der Waals surface area contributed by atoms with Crippen molar-refractivity contribution in [1.82, 2.24) is 0 Å². The van der Waals surface area contributed by atoms with E-state index in [-0.39, 0.29) is 0 Å². The number of hydrogen-bond donors (Lipinski definition) is 1. The van der Waals surface area contributed by atoms with Crippen LogP contribution in [0, 0.1) is 6.92 Å². The summed E-state index contributed by atoms with van der Waals surface area (Å²) in [7, 11) is 0. The molecule has 0 aliphatic carbocycles. The lowest BCUT2D eigenvalue weighted by atomic mass is 10.1. The minimum absolute atomic E-state index is 0.332. The molecule has 2 nitrogen and oxygen atoms in total. The Morgan fingerprint density at radius 1 is 1.40 bits per heavy atom. The van der Waals surface area contributed by atoms with Crippen LogP contribution in [0.15, 0.2) is 18.2 Å². The topological polar surface area (TPSA) is 35.2 Å². The third-order valence-electron chi connectivity index (χ3n) is 2.74. The van der Waals surface area contributed by atoms with Crippen LogP contribution in [0.5, 0.6) is 0 Å². The maximum atomic E-state index is 5.70. The summed E-state index contributed by atoms with van der Waals surface area (Å²) < 4.78 is 5.70. The molecule has 1 rings (SSSR count). The highest BCUT2D eigenvalue weighted by Crippen LogP contribution is 2.13. The molecule has 0 radical (unpaired) electrons. The van der Waals surface area contributed by atoms with E-state index in [1.54, 1.807) is 0 Å². The molecule has 1 unspecified atom stereocenters. The van der Waals surface area contributed by atoms with E-state index in [4.69, 9.17) is 10.5 Å². The van der Waals surface area contributed by atoms with Crippen molar-refractivity contribution in [2.45, 2.75) is 46.4 Å². The second-order valence-electron chi connectivity index (χ2n) is 3.99. The Bertz CT molecular complexity index is 309. The normalized spacial score (nSPS) is 12.8. The fourth-order valence-corrected chi connectivity index (χ4v) is 1.40. The summed E-state index contributed by atoms with van der Waals surface area (Å²) >= 11 is 0. The minimum atomic E-state index is 0.332. The van der Waals surface area contributed by atoms with Gasteiger partial charge in [0.15, 0.2) is 0 Å². The van der Waals surface area contributed by atoms with E-state index >= 15 is 0 Å². The van der Waals surface area contributed by atoms with Crippen molar-refractivity contribution in [3.63, 3.8) is 0 Å². The Morgan fingerprint density at radius 3 is 2.67 bits per heavy atom. The Balaban J connectivity index is 2.62. The highest BCUT2D eigenvalue weighted by Gasteiger charge is 2.02. The smallest absolute Gasteiger partial charge is 0.0723 e. The van der Waals surface area contributed by atoms with Gasteiger partial charge in [-0.3, -0.25) is 0 Å². The van der Waals surface area contributed by atoms with Crippen LogP contribution < -0.4 is 5.73 Å². The molecule has 0 aliphatic heterocycles. The highest BCUT2D eigenvalue weighted by atomic mass is 16.5. The van der Waals surface area contributed by atoms with Crippen molar-refractivity contribution in [3.05, 3.63) is 34.9 Å². The van der Waals surface area contributed by atoms with Crippen molar-refractivity contribution >= 4 is 0 Å². The Morgan fingerprint density at radius 2 is 2.13 bits per heavy atom. The van der Waals surface area contributed by atoms with Crippen LogP contribution in [-0.2, 0) is 17.9 Å². The van der Waals surface area contributed by atoms with E-state index in [0.717, 1.165) is 6.42 Å².